The van der Waals surface area contributed by atoms with Crippen LogP contribution in [0, 0.1) is 18.8 Å². The largest absolute Gasteiger partial charge is 0.296 e. The molecule has 0 spiro atoms. The standard InChI is InChI=1S/C15H19NO2/c1-9(2)14-12(8-13(17)16-15(14)18)11-7-5-4-6-10(11)3/h4-7,9,12,14H,8H2,1-3H3,(H,16,17,18). The van der Waals surface area contributed by atoms with E-state index in [4.69, 9.17) is 0 Å². The average molecular weight is 245 g/mol. The van der Waals surface area contributed by atoms with Crippen LogP contribution >= 0.6 is 0 Å². The number of carbonyl (C=O) groups excluding carboxylic acids is 2. The molecule has 0 radical (unpaired) electrons. The zero-order chi connectivity index (χ0) is 13.3. The van der Waals surface area contributed by atoms with Crippen molar-refractivity contribution in [2.75, 3.05) is 0 Å². The van der Waals surface area contributed by atoms with Gasteiger partial charge in [-0.2, -0.15) is 0 Å². The van der Waals surface area contributed by atoms with E-state index in [-0.39, 0.29) is 29.6 Å². The minimum absolute atomic E-state index is 0.00690. The van der Waals surface area contributed by atoms with Crippen molar-refractivity contribution in [2.45, 2.75) is 33.1 Å². The number of piperidine rings is 1. The fourth-order valence-electron chi connectivity index (χ4n) is 2.85. The van der Waals surface area contributed by atoms with Gasteiger partial charge in [0.15, 0.2) is 0 Å². The number of benzene rings is 1. The van der Waals surface area contributed by atoms with Gasteiger partial charge in [-0.25, -0.2) is 0 Å². The second-order valence-corrected chi connectivity index (χ2v) is 5.35. The maximum atomic E-state index is 12.0. The summed E-state index contributed by atoms with van der Waals surface area (Å²) >= 11 is 0. The fraction of sp³-hybridized carbons (Fsp3) is 0.467. The lowest BCUT2D eigenvalue weighted by atomic mass is 9.73. The number of hydrogen-bond donors (Lipinski definition) is 1. The molecular formula is C15H19NO2. The van der Waals surface area contributed by atoms with Crippen molar-refractivity contribution in [3.63, 3.8) is 0 Å². The van der Waals surface area contributed by atoms with E-state index in [1.54, 1.807) is 0 Å². The van der Waals surface area contributed by atoms with Gasteiger partial charge < -0.3 is 0 Å². The maximum Gasteiger partial charge on any atom is 0.230 e. The summed E-state index contributed by atoms with van der Waals surface area (Å²) in [7, 11) is 0. The number of carbonyl (C=O) groups is 2. The molecule has 1 aliphatic rings. The van der Waals surface area contributed by atoms with Crippen LogP contribution in [0.25, 0.3) is 0 Å². The van der Waals surface area contributed by atoms with E-state index in [0.717, 1.165) is 11.1 Å². The normalized spacial score (nSPS) is 24.2. The maximum absolute atomic E-state index is 12.0. The van der Waals surface area contributed by atoms with Crippen molar-refractivity contribution in [3.8, 4) is 0 Å². The molecule has 96 valence electrons. The highest BCUT2D eigenvalue weighted by Gasteiger charge is 2.38. The minimum atomic E-state index is -0.162. The number of nitrogens with one attached hydrogen (secondary N) is 1. The zero-order valence-corrected chi connectivity index (χ0v) is 11.1. The van der Waals surface area contributed by atoms with Gasteiger partial charge in [0.2, 0.25) is 11.8 Å². The highest BCUT2D eigenvalue weighted by Crippen LogP contribution is 2.37. The number of amides is 2. The molecule has 3 heteroatoms. The molecule has 1 heterocycles. The van der Waals surface area contributed by atoms with Crippen LogP contribution in [0.4, 0.5) is 0 Å². The number of aryl methyl sites for hydroxylation is 1. The van der Waals surface area contributed by atoms with Gasteiger partial charge >= 0.3 is 0 Å². The Morgan fingerprint density at radius 2 is 1.89 bits per heavy atom. The molecular weight excluding hydrogens is 226 g/mol. The van der Waals surface area contributed by atoms with Crippen LogP contribution in [-0.2, 0) is 9.59 Å². The molecule has 1 N–H and O–H groups in total. The van der Waals surface area contributed by atoms with Gasteiger partial charge in [-0.05, 0) is 24.0 Å². The van der Waals surface area contributed by atoms with Crippen molar-refractivity contribution >= 4 is 11.8 Å². The summed E-state index contributed by atoms with van der Waals surface area (Å²) in [6.45, 7) is 6.10. The third-order valence-corrected chi connectivity index (χ3v) is 3.71. The SMILES string of the molecule is Cc1ccccc1C1CC(=O)NC(=O)C1C(C)C. The van der Waals surface area contributed by atoms with E-state index in [0.29, 0.717) is 6.42 Å². The van der Waals surface area contributed by atoms with Crippen molar-refractivity contribution in [3.05, 3.63) is 35.4 Å². The summed E-state index contributed by atoms with van der Waals surface area (Å²) in [6.07, 6.45) is 0.402. The summed E-state index contributed by atoms with van der Waals surface area (Å²) in [4.78, 5) is 23.6. The Hall–Kier alpha value is -1.64. The molecule has 18 heavy (non-hydrogen) atoms. The molecule has 1 aromatic carbocycles. The molecule has 3 nitrogen and oxygen atoms in total. The number of imide groups is 1. The van der Waals surface area contributed by atoms with Crippen LogP contribution in [0.2, 0.25) is 0 Å². The van der Waals surface area contributed by atoms with Crippen LogP contribution in [0.15, 0.2) is 24.3 Å². The van der Waals surface area contributed by atoms with E-state index >= 15 is 0 Å². The number of rotatable bonds is 2. The van der Waals surface area contributed by atoms with E-state index < -0.39 is 0 Å². The number of hydrogen-bond acceptors (Lipinski definition) is 2. The van der Waals surface area contributed by atoms with Crippen molar-refractivity contribution in [1.82, 2.24) is 5.32 Å². The highest BCUT2D eigenvalue weighted by molar-refractivity contribution is 6.00. The summed E-state index contributed by atoms with van der Waals surface area (Å²) < 4.78 is 0. The summed E-state index contributed by atoms with van der Waals surface area (Å²) in [5.74, 6) is -0.182. The van der Waals surface area contributed by atoms with Crippen LogP contribution in [0.5, 0.6) is 0 Å². The summed E-state index contributed by atoms with van der Waals surface area (Å²) in [5.41, 5.74) is 2.27. The van der Waals surface area contributed by atoms with Crippen LogP contribution in [0.3, 0.4) is 0 Å². The Balaban J connectivity index is 2.41. The first-order valence-corrected chi connectivity index (χ1v) is 6.40. The monoisotopic (exact) mass is 245 g/mol. The lowest BCUT2D eigenvalue weighted by Gasteiger charge is -2.33. The van der Waals surface area contributed by atoms with Crippen molar-refractivity contribution < 1.29 is 9.59 Å². The molecule has 1 aromatic rings. The highest BCUT2D eigenvalue weighted by atomic mass is 16.2. The van der Waals surface area contributed by atoms with E-state index in [9.17, 15) is 9.59 Å². The first-order chi connectivity index (χ1) is 8.50. The predicted molar refractivity (Wildman–Crippen MR) is 70.0 cm³/mol. The Morgan fingerprint density at radius 3 is 2.50 bits per heavy atom. The summed E-state index contributed by atoms with van der Waals surface area (Å²) in [6, 6.07) is 8.01. The summed E-state index contributed by atoms with van der Waals surface area (Å²) in [5, 5.41) is 2.45. The first kappa shape index (κ1) is 12.8. The third kappa shape index (κ3) is 2.30. The first-order valence-electron chi connectivity index (χ1n) is 6.40. The van der Waals surface area contributed by atoms with E-state index in [1.165, 1.54) is 0 Å². The quantitative estimate of drug-likeness (QED) is 0.813. The van der Waals surface area contributed by atoms with Gasteiger partial charge in [0.1, 0.15) is 0 Å². The lowest BCUT2D eigenvalue weighted by Crippen LogP contribution is -2.46. The van der Waals surface area contributed by atoms with Crippen LogP contribution < -0.4 is 5.32 Å². The average Bonchev–Trinajstić information content (AvgIpc) is 2.27. The van der Waals surface area contributed by atoms with E-state index in [1.807, 2.05) is 45.0 Å². The Labute approximate surface area is 108 Å². The van der Waals surface area contributed by atoms with Gasteiger partial charge in [0.25, 0.3) is 0 Å². The molecule has 1 aliphatic heterocycles. The van der Waals surface area contributed by atoms with Gasteiger partial charge in [-0.1, -0.05) is 38.1 Å². The molecule has 1 fully saturated rings. The minimum Gasteiger partial charge on any atom is -0.296 e. The fourth-order valence-corrected chi connectivity index (χ4v) is 2.85. The topological polar surface area (TPSA) is 46.2 Å². The molecule has 0 aromatic heterocycles. The smallest absolute Gasteiger partial charge is 0.230 e. The second-order valence-electron chi connectivity index (χ2n) is 5.35. The molecule has 0 aliphatic carbocycles. The Morgan fingerprint density at radius 1 is 1.22 bits per heavy atom. The molecule has 1 saturated heterocycles. The second kappa shape index (κ2) is 4.92. The lowest BCUT2D eigenvalue weighted by molar-refractivity contribution is -0.138. The molecule has 2 amide bonds. The Kier molecular flexibility index (Phi) is 3.50. The van der Waals surface area contributed by atoms with Gasteiger partial charge in [0.05, 0.1) is 0 Å². The molecule has 2 atom stereocenters. The molecule has 0 bridgehead atoms. The van der Waals surface area contributed by atoms with E-state index in [2.05, 4.69) is 5.32 Å². The van der Waals surface area contributed by atoms with Gasteiger partial charge in [0, 0.05) is 18.3 Å². The van der Waals surface area contributed by atoms with Crippen LogP contribution in [0.1, 0.15) is 37.3 Å². The van der Waals surface area contributed by atoms with Gasteiger partial charge in [-0.15, -0.1) is 0 Å². The van der Waals surface area contributed by atoms with Gasteiger partial charge in [-0.3, -0.25) is 14.9 Å². The molecule has 2 rings (SSSR count). The van der Waals surface area contributed by atoms with Crippen molar-refractivity contribution in [2.24, 2.45) is 11.8 Å². The Bertz CT molecular complexity index is 479. The van der Waals surface area contributed by atoms with Crippen molar-refractivity contribution in [1.29, 1.82) is 0 Å². The molecule has 0 saturated carbocycles. The third-order valence-electron chi connectivity index (χ3n) is 3.71. The zero-order valence-electron chi connectivity index (χ0n) is 11.1. The molecule has 2 unspecified atom stereocenters. The van der Waals surface area contributed by atoms with Crippen LogP contribution in [-0.4, -0.2) is 11.8 Å². The predicted octanol–water partition coefficient (Wildman–Crippen LogP) is 2.40.